The molecule has 1 N–H and O–H groups in total. The molecule has 0 radical (unpaired) electrons. The standard InChI is InChI=1S/C14H11F3O2S/c15-14(16,17)13-10(6-18)11(7-20-13)8-1-2-12-9(5-8)3-4-19-12/h1-2,5,7,18H,3-4,6H2. The van der Waals surface area contributed by atoms with Gasteiger partial charge in [0.05, 0.1) is 13.2 Å². The van der Waals surface area contributed by atoms with Gasteiger partial charge >= 0.3 is 6.18 Å². The molecule has 0 atom stereocenters. The van der Waals surface area contributed by atoms with Crippen LogP contribution in [0.4, 0.5) is 13.2 Å². The van der Waals surface area contributed by atoms with Gasteiger partial charge in [0, 0.05) is 12.0 Å². The molecule has 3 rings (SSSR count). The Morgan fingerprint density at radius 3 is 2.80 bits per heavy atom. The third kappa shape index (κ3) is 2.19. The molecule has 20 heavy (non-hydrogen) atoms. The van der Waals surface area contributed by atoms with Crippen molar-refractivity contribution >= 4 is 11.3 Å². The van der Waals surface area contributed by atoms with E-state index in [4.69, 9.17) is 4.74 Å². The monoisotopic (exact) mass is 300 g/mol. The molecular formula is C14H11F3O2S. The first kappa shape index (κ1) is 13.5. The minimum absolute atomic E-state index is 0.0543. The smallest absolute Gasteiger partial charge is 0.425 e. The lowest BCUT2D eigenvalue weighted by Gasteiger charge is -2.09. The first-order chi connectivity index (χ1) is 9.50. The fraction of sp³-hybridized carbons (Fsp3) is 0.286. The van der Waals surface area contributed by atoms with Gasteiger partial charge in [-0.2, -0.15) is 13.2 Å². The van der Waals surface area contributed by atoms with Crippen molar-refractivity contribution in [3.8, 4) is 16.9 Å². The minimum Gasteiger partial charge on any atom is -0.493 e. The third-order valence-corrected chi connectivity index (χ3v) is 4.38. The fourth-order valence-electron chi connectivity index (χ4n) is 2.37. The Morgan fingerprint density at radius 2 is 2.10 bits per heavy atom. The zero-order chi connectivity index (χ0) is 14.3. The highest BCUT2D eigenvalue weighted by atomic mass is 32.1. The second-order valence-electron chi connectivity index (χ2n) is 4.53. The predicted molar refractivity (Wildman–Crippen MR) is 69.9 cm³/mol. The van der Waals surface area contributed by atoms with Gasteiger partial charge in [0.1, 0.15) is 10.6 Å². The number of benzene rings is 1. The van der Waals surface area contributed by atoms with E-state index in [2.05, 4.69) is 0 Å². The number of aliphatic hydroxyl groups excluding tert-OH is 1. The van der Waals surface area contributed by atoms with Crippen molar-refractivity contribution in [3.05, 3.63) is 39.6 Å². The van der Waals surface area contributed by atoms with E-state index in [0.29, 0.717) is 29.1 Å². The van der Waals surface area contributed by atoms with Gasteiger partial charge in [0.25, 0.3) is 0 Å². The number of thiophene rings is 1. The minimum atomic E-state index is -4.43. The summed E-state index contributed by atoms with van der Waals surface area (Å²) in [7, 11) is 0. The number of ether oxygens (including phenoxy) is 1. The second kappa shape index (κ2) is 4.79. The molecule has 2 aromatic rings. The maximum atomic E-state index is 12.9. The van der Waals surface area contributed by atoms with Gasteiger partial charge in [-0.1, -0.05) is 6.07 Å². The molecule has 0 fully saturated rings. The number of aliphatic hydroxyl groups is 1. The zero-order valence-corrected chi connectivity index (χ0v) is 11.1. The van der Waals surface area contributed by atoms with Crippen LogP contribution >= 0.6 is 11.3 Å². The molecule has 0 aliphatic carbocycles. The van der Waals surface area contributed by atoms with E-state index in [9.17, 15) is 18.3 Å². The molecule has 0 amide bonds. The largest absolute Gasteiger partial charge is 0.493 e. The molecule has 2 nitrogen and oxygen atoms in total. The molecular weight excluding hydrogens is 289 g/mol. The Balaban J connectivity index is 2.09. The summed E-state index contributed by atoms with van der Waals surface area (Å²) in [6.07, 6.45) is -3.67. The third-order valence-electron chi connectivity index (χ3n) is 3.31. The van der Waals surface area contributed by atoms with Crippen molar-refractivity contribution in [2.45, 2.75) is 19.2 Å². The van der Waals surface area contributed by atoms with Gasteiger partial charge in [0.15, 0.2) is 0 Å². The van der Waals surface area contributed by atoms with Crippen molar-refractivity contribution < 1.29 is 23.0 Å². The van der Waals surface area contributed by atoms with Crippen LogP contribution in [0.2, 0.25) is 0 Å². The molecule has 2 heterocycles. The van der Waals surface area contributed by atoms with Crippen molar-refractivity contribution in [3.63, 3.8) is 0 Å². The lowest BCUT2D eigenvalue weighted by Crippen LogP contribution is -2.06. The summed E-state index contributed by atoms with van der Waals surface area (Å²) in [5.74, 6) is 0.783. The van der Waals surface area contributed by atoms with Gasteiger partial charge in [-0.3, -0.25) is 0 Å². The van der Waals surface area contributed by atoms with Gasteiger partial charge in [0.2, 0.25) is 0 Å². The fourth-order valence-corrected chi connectivity index (χ4v) is 3.34. The van der Waals surface area contributed by atoms with Gasteiger partial charge in [-0.15, -0.1) is 11.3 Å². The van der Waals surface area contributed by atoms with Gasteiger partial charge in [-0.05, 0) is 34.2 Å². The van der Waals surface area contributed by atoms with E-state index >= 15 is 0 Å². The van der Waals surface area contributed by atoms with E-state index in [-0.39, 0.29) is 5.56 Å². The zero-order valence-electron chi connectivity index (χ0n) is 10.3. The first-order valence-electron chi connectivity index (χ1n) is 6.05. The van der Waals surface area contributed by atoms with Crippen molar-refractivity contribution in [2.75, 3.05) is 6.61 Å². The van der Waals surface area contributed by atoms with Crippen LogP contribution in [0.1, 0.15) is 16.0 Å². The Labute approximate surface area is 117 Å². The summed E-state index contributed by atoms with van der Waals surface area (Å²) < 4.78 is 44.0. The molecule has 1 aliphatic heterocycles. The quantitative estimate of drug-likeness (QED) is 0.912. The van der Waals surface area contributed by atoms with Crippen molar-refractivity contribution in [1.29, 1.82) is 0 Å². The first-order valence-corrected chi connectivity index (χ1v) is 6.93. The number of hydrogen-bond acceptors (Lipinski definition) is 3. The van der Waals surface area contributed by atoms with Crippen LogP contribution in [0.25, 0.3) is 11.1 Å². The Hall–Kier alpha value is -1.53. The van der Waals surface area contributed by atoms with Crippen molar-refractivity contribution in [2.24, 2.45) is 0 Å². The average molecular weight is 300 g/mol. The number of hydrogen-bond donors (Lipinski definition) is 1. The molecule has 0 unspecified atom stereocenters. The summed E-state index contributed by atoms with van der Waals surface area (Å²) in [5, 5.41) is 10.7. The molecule has 1 aromatic carbocycles. The highest BCUT2D eigenvalue weighted by Gasteiger charge is 2.36. The molecule has 0 bridgehead atoms. The molecule has 6 heteroatoms. The van der Waals surface area contributed by atoms with Gasteiger partial charge < -0.3 is 9.84 Å². The highest BCUT2D eigenvalue weighted by Crippen LogP contribution is 2.42. The molecule has 1 aromatic heterocycles. The summed E-state index contributed by atoms with van der Waals surface area (Å²) >= 11 is 0.620. The van der Waals surface area contributed by atoms with Crippen LogP contribution < -0.4 is 4.74 Å². The van der Waals surface area contributed by atoms with Crippen LogP contribution in [0, 0.1) is 0 Å². The van der Waals surface area contributed by atoms with E-state index in [1.165, 1.54) is 5.38 Å². The number of rotatable bonds is 2. The van der Waals surface area contributed by atoms with Crippen LogP contribution in [-0.2, 0) is 19.2 Å². The lowest BCUT2D eigenvalue weighted by atomic mass is 10.00. The highest BCUT2D eigenvalue weighted by molar-refractivity contribution is 7.10. The van der Waals surface area contributed by atoms with Crippen LogP contribution in [0.5, 0.6) is 5.75 Å². The average Bonchev–Trinajstić information content (AvgIpc) is 3.03. The Bertz CT molecular complexity index is 646. The Morgan fingerprint density at radius 1 is 1.30 bits per heavy atom. The van der Waals surface area contributed by atoms with Crippen LogP contribution in [0.15, 0.2) is 23.6 Å². The summed E-state index contributed by atoms with van der Waals surface area (Å²) in [5.41, 5.74) is 2.07. The molecule has 0 saturated carbocycles. The van der Waals surface area contributed by atoms with Gasteiger partial charge in [-0.25, -0.2) is 0 Å². The second-order valence-corrected chi connectivity index (χ2v) is 5.41. The summed E-state index contributed by atoms with van der Waals surface area (Å²) in [6, 6.07) is 5.33. The molecule has 0 saturated heterocycles. The number of halogens is 3. The van der Waals surface area contributed by atoms with E-state index in [0.717, 1.165) is 17.7 Å². The number of alkyl halides is 3. The number of fused-ring (bicyclic) bond motifs is 1. The molecule has 1 aliphatic rings. The lowest BCUT2D eigenvalue weighted by molar-refractivity contribution is -0.135. The maximum Gasteiger partial charge on any atom is 0.425 e. The Kier molecular flexibility index (Phi) is 3.22. The van der Waals surface area contributed by atoms with Crippen molar-refractivity contribution in [1.82, 2.24) is 0 Å². The van der Waals surface area contributed by atoms with E-state index in [1.54, 1.807) is 12.1 Å². The van der Waals surface area contributed by atoms with E-state index in [1.807, 2.05) is 6.07 Å². The topological polar surface area (TPSA) is 29.5 Å². The van der Waals surface area contributed by atoms with Crippen LogP contribution in [0.3, 0.4) is 0 Å². The summed E-state index contributed by atoms with van der Waals surface area (Å²) in [6.45, 7) is -0.0235. The SMILES string of the molecule is OCc1c(-c2ccc3c(c2)CCO3)csc1C(F)(F)F. The predicted octanol–water partition coefficient (Wildman–Crippen LogP) is 3.86. The molecule has 106 valence electrons. The van der Waals surface area contributed by atoms with E-state index < -0.39 is 17.7 Å². The summed E-state index contributed by atoms with van der Waals surface area (Å²) in [4.78, 5) is -0.730. The van der Waals surface area contributed by atoms with Crippen LogP contribution in [-0.4, -0.2) is 11.7 Å². The normalized spacial score (nSPS) is 14.2. The maximum absolute atomic E-state index is 12.9. The molecule has 0 spiro atoms.